The molecule has 1 aromatic carbocycles. The maximum atomic E-state index is 4.48. The van der Waals surface area contributed by atoms with E-state index in [4.69, 9.17) is 0 Å². The number of guanidine groups is 1. The molecule has 3 heteroatoms. The average molecular weight is 285 g/mol. The Morgan fingerprint density at radius 1 is 1.24 bits per heavy atom. The van der Waals surface area contributed by atoms with Crippen molar-refractivity contribution in [2.24, 2.45) is 16.8 Å². The number of piperidine rings is 1. The summed E-state index contributed by atoms with van der Waals surface area (Å²) in [7, 11) is 1.91. The number of nitrogens with one attached hydrogen (secondary N) is 1. The molecule has 2 unspecified atom stereocenters. The van der Waals surface area contributed by atoms with E-state index in [1.54, 1.807) is 0 Å². The van der Waals surface area contributed by atoms with Crippen molar-refractivity contribution in [2.75, 3.05) is 26.7 Å². The molecule has 0 aromatic heterocycles. The third-order valence-corrected chi connectivity index (χ3v) is 4.89. The summed E-state index contributed by atoms with van der Waals surface area (Å²) in [5, 5.41) is 3.55. The van der Waals surface area contributed by atoms with Crippen molar-refractivity contribution in [3.63, 3.8) is 0 Å². The molecule has 2 atom stereocenters. The van der Waals surface area contributed by atoms with Gasteiger partial charge in [-0.25, -0.2) is 0 Å². The van der Waals surface area contributed by atoms with Crippen LogP contribution in [0.2, 0.25) is 0 Å². The van der Waals surface area contributed by atoms with Gasteiger partial charge in [0.25, 0.3) is 0 Å². The predicted octanol–water partition coefficient (Wildman–Crippen LogP) is 3.10. The Hall–Kier alpha value is -1.51. The van der Waals surface area contributed by atoms with Gasteiger partial charge in [0.15, 0.2) is 5.96 Å². The van der Waals surface area contributed by atoms with Crippen molar-refractivity contribution >= 4 is 5.96 Å². The van der Waals surface area contributed by atoms with Crippen molar-refractivity contribution in [3.8, 4) is 0 Å². The number of aliphatic imine (C=N–C) groups is 1. The summed E-state index contributed by atoms with van der Waals surface area (Å²) in [6.45, 7) is 5.68. The highest BCUT2D eigenvalue weighted by Gasteiger charge is 2.29. The second-order valence-corrected chi connectivity index (χ2v) is 6.60. The lowest BCUT2D eigenvalue weighted by Gasteiger charge is -2.39. The molecule has 0 spiro atoms. The quantitative estimate of drug-likeness (QED) is 0.682. The van der Waals surface area contributed by atoms with Crippen LogP contribution in [0.5, 0.6) is 0 Å². The van der Waals surface area contributed by atoms with Gasteiger partial charge in [0.2, 0.25) is 0 Å². The van der Waals surface area contributed by atoms with Crippen molar-refractivity contribution in [1.82, 2.24) is 10.2 Å². The van der Waals surface area contributed by atoms with Crippen molar-refractivity contribution in [2.45, 2.75) is 32.1 Å². The minimum Gasteiger partial charge on any atom is -0.356 e. The zero-order chi connectivity index (χ0) is 14.7. The summed E-state index contributed by atoms with van der Waals surface area (Å²) in [5.74, 6) is 3.34. The van der Waals surface area contributed by atoms with Crippen LogP contribution in [0.25, 0.3) is 0 Å². The highest BCUT2D eigenvalue weighted by molar-refractivity contribution is 5.80. The minimum atomic E-state index is 0.667. The standard InChI is InChI=1S/C18H27N3/c1-14-13-21(18(19-2)20-12-15-8-9-15)11-10-17(14)16-6-4-3-5-7-16/h3-7,14-15,17H,8-13H2,1-2H3,(H,19,20). The predicted molar refractivity (Wildman–Crippen MR) is 88.6 cm³/mol. The summed E-state index contributed by atoms with van der Waals surface area (Å²) in [5.41, 5.74) is 1.49. The Labute approximate surface area is 128 Å². The van der Waals surface area contributed by atoms with Gasteiger partial charge in [0, 0.05) is 26.7 Å². The fourth-order valence-electron chi connectivity index (χ4n) is 3.42. The van der Waals surface area contributed by atoms with E-state index in [0.29, 0.717) is 11.8 Å². The van der Waals surface area contributed by atoms with Crippen LogP contribution in [0.15, 0.2) is 35.3 Å². The van der Waals surface area contributed by atoms with Gasteiger partial charge in [-0.05, 0) is 42.6 Å². The Kier molecular flexibility index (Phi) is 4.47. The summed E-state index contributed by atoms with van der Waals surface area (Å²) < 4.78 is 0. The lowest BCUT2D eigenvalue weighted by atomic mass is 9.82. The molecule has 1 aliphatic heterocycles. The van der Waals surface area contributed by atoms with E-state index in [1.807, 2.05) is 7.05 Å². The molecule has 1 heterocycles. The van der Waals surface area contributed by atoms with Gasteiger partial charge < -0.3 is 10.2 Å². The van der Waals surface area contributed by atoms with E-state index in [2.05, 4.69) is 52.5 Å². The number of benzene rings is 1. The highest BCUT2D eigenvalue weighted by Crippen LogP contribution is 2.32. The van der Waals surface area contributed by atoms with E-state index >= 15 is 0 Å². The smallest absolute Gasteiger partial charge is 0.193 e. The second-order valence-electron chi connectivity index (χ2n) is 6.60. The maximum Gasteiger partial charge on any atom is 0.193 e. The van der Waals surface area contributed by atoms with Crippen molar-refractivity contribution in [1.29, 1.82) is 0 Å². The first-order valence-corrected chi connectivity index (χ1v) is 8.28. The average Bonchev–Trinajstić information content (AvgIpc) is 3.33. The van der Waals surface area contributed by atoms with Gasteiger partial charge in [-0.1, -0.05) is 37.3 Å². The molecule has 114 valence electrons. The van der Waals surface area contributed by atoms with Gasteiger partial charge >= 0.3 is 0 Å². The van der Waals surface area contributed by atoms with Gasteiger partial charge in [0.1, 0.15) is 0 Å². The lowest BCUT2D eigenvalue weighted by molar-refractivity contribution is 0.234. The van der Waals surface area contributed by atoms with Crippen LogP contribution in [0.4, 0.5) is 0 Å². The number of nitrogens with zero attached hydrogens (tertiary/aromatic N) is 2. The van der Waals surface area contributed by atoms with E-state index in [9.17, 15) is 0 Å². The number of hydrogen-bond acceptors (Lipinski definition) is 1. The lowest BCUT2D eigenvalue weighted by Crippen LogP contribution is -2.48. The SMILES string of the molecule is CN=C(NCC1CC1)N1CCC(c2ccccc2)C(C)C1. The normalized spacial score (nSPS) is 26.8. The van der Waals surface area contributed by atoms with Gasteiger partial charge in [0.05, 0.1) is 0 Å². The van der Waals surface area contributed by atoms with Crippen LogP contribution >= 0.6 is 0 Å². The zero-order valence-corrected chi connectivity index (χ0v) is 13.3. The number of hydrogen-bond donors (Lipinski definition) is 1. The molecule has 1 aliphatic carbocycles. The highest BCUT2D eigenvalue weighted by atomic mass is 15.3. The Bertz CT molecular complexity index is 478. The summed E-state index contributed by atoms with van der Waals surface area (Å²) in [6, 6.07) is 11.0. The molecule has 0 bridgehead atoms. The maximum absolute atomic E-state index is 4.48. The molecule has 3 nitrogen and oxygen atoms in total. The largest absolute Gasteiger partial charge is 0.356 e. The monoisotopic (exact) mass is 285 g/mol. The van der Waals surface area contributed by atoms with Crippen molar-refractivity contribution < 1.29 is 0 Å². The van der Waals surface area contributed by atoms with Crippen LogP contribution in [-0.2, 0) is 0 Å². The number of likely N-dealkylation sites (tertiary alicyclic amines) is 1. The van der Waals surface area contributed by atoms with E-state index in [0.717, 1.165) is 31.5 Å². The second kappa shape index (κ2) is 6.50. The Morgan fingerprint density at radius 3 is 2.62 bits per heavy atom. The molecule has 1 aromatic rings. The summed E-state index contributed by atoms with van der Waals surface area (Å²) >= 11 is 0. The fourth-order valence-corrected chi connectivity index (χ4v) is 3.42. The zero-order valence-electron chi connectivity index (χ0n) is 13.3. The fraction of sp³-hybridized carbons (Fsp3) is 0.611. The van der Waals surface area contributed by atoms with Crippen LogP contribution in [0, 0.1) is 11.8 Å². The molecule has 0 amide bonds. The summed E-state index contributed by atoms with van der Waals surface area (Å²) in [4.78, 5) is 6.91. The molecule has 1 N–H and O–H groups in total. The van der Waals surface area contributed by atoms with Gasteiger partial charge in [-0.15, -0.1) is 0 Å². The molecular formula is C18H27N3. The molecule has 1 saturated heterocycles. The topological polar surface area (TPSA) is 27.6 Å². The van der Waals surface area contributed by atoms with Crippen molar-refractivity contribution in [3.05, 3.63) is 35.9 Å². The van der Waals surface area contributed by atoms with Gasteiger partial charge in [-0.3, -0.25) is 4.99 Å². The molecule has 0 radical (unpaired) electrons. The van der Waals surface area contributed by atoms with E-state index < -0.39 is 0 Å². The first kappa shape index (κ1) is 14.4. The third kappa shape index (κ3) is 3.58. The molecule has 3 rings (SSSR count). The van der Waals surface area contributed by atoms with Crippen LogP contribution in [-0.4, -0.2) is 37.5 Å². The van der Waals surface area contributed by atoms with E-state index in [1.165, 1.54) is 24.8 Å². The number of rotatable bonds is 3. The molecule has 2 aliphatic rings. The molecule has 21 heavy (non-hydrogen) atoms. The first-order chi connectivity index (χ1) is 10.3. The van der Waals surface area contributed by atoms with Crippen LogP contribution in [0.1, 0.15) is 37.7 Å². The Morgan fingerprint density at radius 2 is 2.00 bits per heavy atom. The molecule has 1 saturated carbocycles. The Balaban J connectivity index is 1.59. The van der Waals surface area contributed by atoms with Crippen LogP contribution < -0.4 is 5.32 Å². The minimum absolute atomic E-state index is 0.667. The third-order valence-electron chi connectivity index (χ3n) is 4.89. The van der Waals surface area contributed by atoms with Gasteiger partial charge in [-0.2, -0.15) is 0 Å². The molecular weight excluding hydrogens is 258 g/mol. The first-order valence-electron chi connectivity index (χ1n) is 8.28. The summed E-state index contributed by atoms with van der Waals surface area (Å²) in [6.07, 6.45) is 3.99. The van der Waals surface area contributed by atoms with Crippen LogP contribution in [0.3, 0.4) is 0 Å². The van der Waals surface area contributed by atoms with E-state index in [-0.39, 0.29) is 0 Å². The molecule has 2 fully saturated rings.